The van der Waals surface area contributed by atoms with Gasteiger partial charge >= 0.3 is 0 Å². The van der Waals surface area contributed by atoms with Gasteiger partial charge in [0.1, 0.15) is 18.0 Å². The van der Waals surface area contributed by atoms with E-state index in [2.05, 4.69) is 5.32 Å². The lowest BCUT2D eigenvalue weighted by Crippen LogP contribution is -2.22. The number of benzene rings is 3. The van der Waals surface area contributed by atoms with E-state index in [-0.39, 0.29) is 17.2 Å². The molecule has 1 aliphatic heterocycles. The molecule has 0 atom stereocenters. The second kappa shape index (κ2) is 10.4. The van der Waals surface area contributed by atoms with Gasteiger partial charge in [0, 0.05) is 22.2 Å². The summed E-state index contributed by atoms with van der Waals surface area (Å²) in [6.07, 6.45) is 0. The summed E-state index contributed by atoms with van der Waals surface area (Å²) in [5.74, 6) is 1.13. The van der Waals surface area contributed by atoms with Gasteiger partial charge in [-0.1, -0.05) is 60.3 Å². The van der Waals surface area contributed by atoms with Crippen molar-refractivity contribution in [2.45, 2.75) is 12.1 Å². The number of rotatable bonds is 6. The minimum absolute atomic E-state index is 0.0785. The standard InChI is InChI=1S/C29H23N3O4S2/c1-18-25(19-8-4-2-5-9-19)26-27(38-18)31-29(32(28(26)34)21-10-6-3-7-11-21)37-17-24(33)30-20-12-13-22-23(16-20)36-15-14-35-22/h2-13,16H,14-15,17H2,1H3,(H,30,33). The topological polar surface area (TPSA) is 82.4 Å². The first-order valence-corrected chi connectivity index (χ1v) is 13.9. The highest BCUT2D eigenvalue weighted by atomic mass is 32.2. The molecule has 0 aliphatic carbocycles. The fourth-order valence-corrected chi connectivity index (χ4v) is 6.34. The third-order valence-corrected chi connectivity index (χ3v) is 8.04. The van der Waals surface area contributed by atoms with Gasteiger partial charge in [0.2, 0.25) is 5.91 Å². The number of nitrogens with zero attached hydrogens (tertiary/aromatic N) is 2. The molecule has 9 heteroatoms. The molecule has 1 aliphatic rings. The molecule has 6 rings (SSSR count). The fraction of sp³-hybridized carbons (Fsp3) is 0.138. The predicted molar refractivity (Wildman–Crippen MR) is 152 cm³/mol. The van der Waals surface area contributed by atoms with Gasteiger partial charge in [0.15, 0.2) is 16.7 Å². The number of thiophene rings is 1. The minimum atomic E-state index is -0.215. The van der Waals surface area contributed by atoms with Crippen molar-refractivity contribution in [2.75, 3.05) is 24.3 Å². The van der Waals surface area contributed by atoms with Crippen LogP contribution in [0.15, 0.2) is 88.8 Å². The predicted octanol–water partition coefficient (Wildman–Crippen LogP) is 5.92. The summed E-state index contributed by atoms with van der Waals surface area (Å²) >= 11 is 2.72. The molecule has 0 radical (unpaired) electrons. The van der Waals surface area contributed by atoms with Crippen LogP contribution in [0.4, 0.5) is 5.69 Å². The molecule has 1 amide bonds. The smallest absolute Gasteiger partial charge is 0.268 e. The van der Waals surface area contributed by atoms with Gasteiger partial charge in [-0.25, -0.2) is 4.98 Å². The summed E-state index contributed by atoms with van der Waals surface area (Å²) < 4.78 is 12.8. The molecule has 190 valence electrons. The van der Waals surface area contributed by atoms with Crippen LogP contribution in [0.5, 0.6) is 11.5 Å². The summed E-state index contributed by atoms with van der Waals surface area (Å²) in [5.41, 5.74) is 3.04. The van der Waals surface area contributed by atoms with Gasteiger partial charge in [0.25, 0.3) is 5.56 Å². The molecular formula is C29H23N3O4S2. The molecule has 2 aromatic heterocycles. The molecule has 0 spiro atoms. The van der Waals surface area contributed by atoms with Crippen molar-refractivity contribution in [1.29, 1.82) is 0 Å². The number of amides is 1. The van der Waals surface area contributed by atoms with Crippen LogP contribution in [0.2, 0.25) is 0 Å². The fourth-order valence-electron chi connectivity index (χ4n) is 4.44. The Morgan fingerprint density at radius 1 is 1.00 bits per heavy atom. The van der Waals surface area contributed by atoms with Gasteiger partial charge in [-0.05, 0) is 36.8 Å². The second-order valence-corrected chi connectivity index (χ2v) is 10.8. The van der Waals surface area contributed by atoms with Crippen LogP contribution in [0.3, 0.4) is 0 Å². The zero-order valence-corrected chi connectivity index (χ0v) is 22.1. The molecule has 3 aromatic carbocycles. The van der Waals surface area contributed by atoms with Crippen molar-refractivity contribution >= 4 is 44.9 Å². The quantitative estimate of drug-likeness (QED) is 0.212. The van der Waals surface area contributed by atoms with Crippen LogP contribution in [-0.2, 0) is 4.79 Å². The highest BCUT2D eigenvalue weighted by Gasteiger charge is 2.21. The van der Waals surface area contributed by atoms with Crippen LogP contribution in [-0.4, -0.2) is 34.4 Å². The lowest BCUT2D eigenvalue weighted by molar-refractivity contribution is -0.113. The number of fused-ring (bicyclic) bond motifs is 2. The Labute approximate surface area is 227 Å². The van der Waals surface area contributed by atoms with E-state index < -0.39 is 0 Å². The average molecular weight is 542 g/mol. The summed E-state index contributed by atoms with van der Waals surface area (Å²) in [7, 11) is 0. The maximum Gasteiger partial charge on any atom is 0.268 e. The molecule has 0 saturated heterocycles. The molecule has 0 fully saturated rings. The Kier molecular flexibility index (Phi) is 6.61. The summed E-state index contributed by atoms with van der Waals surface area (Å²) in [4.78, 5) is 33.5. The number of aromatic nitrogens is 2. The Morgan fingerprint density at radius 2 is 1.71 bits per heavy atom. The van der Waals surface area contributed by atoms with Crippen molar-refractivity contribution in [3.05, 3.63) is 94.1 Å². The third kappa shape index (κ3) is 4.66. The number of nitrogens with one attached hydrogen (secondary N) is 1. The maximum atomic E-state index is 14.0. The minimum Gasteiger partial charge on any atom is -0.486 e. The summed E-state index contributed by atoms with van der Waals surface area (Å²) in [5, 5.41) is 3.96. The molecule has 5 aromatic rings. The number of thioether (sulfide) groups is 1. The van der Waals surface area contributed by atoms with Gasteiger partial charge < -0.3 is 14.8 Å². The number of carbonyl (C=O) groups is 1. The van der Waals surface area contributed by atoms with E-state index in [0.29, 0.717) is 51.5 Å². The summed E-state index contributed by atoms with van der Waals surface area (Å²) in [6, 6.07) is 24.6. The van der Waals surface area contributed by atoms with Crippen molar-refractivity contribution in [2.24, 2.45) is 0 Å². The van der Waals surface area contributed by atoms with Crippen molar-refractivity contribution in [3.63, 3.8) is 0 Å². The Balaban J connectivity index is 1.34. The third-order valence-electron chi connectivity index (χ3n) is 6.11. The number of hydrogen-bond donors (Lipinski definition) is 1. The van der Waals surface area contributed by atoms with Crippen LogP contribution in [0.25, 0.3) is 27.0 Å². The molecule has 1 N–H and O–H groups in total. The number of aryl methyl sites for hydroxylation is 1. The monoisotopic (exact) mass is 541 g/mol. The SMILES string of the molecule is Cc1sc2nc(SCC(=O)Nc3ccc4c(c3)OCCO4)n(-c3ccccc3)c(=O)c2c1-c1ccccc1. The van der Waals surface area contributed by atoms with Crippen molar-refractivity contribution < 1.29 is 14.3 Å². The van der Waals surface area contributed by atoms with Crippen LogP contribution in [0.1, 0.15) is 4.88 Å². The number of ether oxygens (including phenoxy) is 2. The Morgan fingerprint density at radius 3 is 2.47 bits per heavy atom. The first-order valence-electron chi connectivity index (χ1n) is 12.1. The van der Waals surface area contributed by atoms with E-state index in [1.54, 1.807) is 22.8 Å². The van der Waals surface area contributed by atoms with E-state index in [9.17, 15) is 9.59 Å². The normalized spacial score (nSPS) is 12.4. The van der Waals surface area contributed by atoms with Crippen LogP contribution < -0.4 is 20.3 Å². The zero-order valence-electron chi connectivity index (χ0n) is 20.5. The molecule has 3 heterocycles. The molecule has 0 unspecified atom stereocenters. The van der Waals surface area contributed by atoms with Crippen molar-refractivity contribution in [3.8, 4) is 28.3 Å². The number of hydrogen-bond acceptors (Lipinski definition) is 7. The van der Waals surface area contributed by atoms with Gasteiger partial charge in [-0.2, -0.15) is 0 Å². The number of anilines is 1. The maximum absolute atomic E-state index is 14.0. The first-order chi connectivity index (χ1) is 18.6. The largest absolute Gasteiger partial charge is 0.486 e. The van der Waals surface area contributed by atoms with Crippen LogP contribution in [0, 0.1) is 6.92 Å². The molecular weight excluding hydrogens is 518 g/mol. The highest BCUT2D eigenvalue weighted by molar-refractivity contribution is 7.99. The summed E-state index contributed by atoms with van der Waals surface area (Å²) in [6.45, 7) is 2.99. The highest BCUT2D eigenvalue weighted by Crippen LogP contribution is 2.37. The van der Waals surface area contributed by atoms with E-state index >= 15 is 0 Å². The Hall–Kier alpha value is -4.08. The van der Waals surface area contributed by atoms with Gasteiger partial charge in [-0.15, -0.1) is 11.3 Å². The van der Waals surface area contributed by atoms with Gasteiger partial charge in [0.05, 0.1) is 16.8 Å². The molecule has 0 bridgehead atoms. The average Bonchev–Trinajstić information content (AvgIpc) is 3.28. The lowest BCUT2D eigenvalue weighted by Gasteiger charge is -2.19. The first kappa shape index (κ1) is 24.3. The van der Waals surface area contributed by atoms with E-state index in [4.69, 9.17) is 14.5 Å². The van der Waals surface area contributed by atoms with Crippen molar-refractivity contribution in [1.82, 2.24) is 9.55 Å². The molecule has 0 saturated carbocycles. The second-order valence-electron chi connectivity index (χ2n) is 8.65. The van der Waals surface area contributed by atoms with Gasteiger partial charge in [-0.3, -0.25) is 14.2 Å². The van der Waals surface area contributed by atoms with E-state index in [1.807, 2.05) is 67.6 Å². The lowest BCUT2D eigenvalue weighted by atomic mass is 10.0. The number of carbonyl (C=O) groups excluding carboxylic acids is 1. The van der Waals surface area contributed by atoms with E-state index in [1.165, 1.54) is 23.1 Å². The van der Waals surface area contributed by atoms with E-state index in [0.717, 1.165) is 16.0 Å². The number of para-hydroxylation sites is 1. The van der Waals surface area contributed by atoms with Crippen LogP contribution >= 0.6 is 23.1 Å². The Bertz CT molecular complexity index is 1700. The molecule has 38 heavy (non-hydrogen) atoms. The zero-order chi connectivity index (χ0) is 26.1. The molecule has 7 nitrogen and oxygen atoms in total.